The second kappa shape index (κ2) is 5.19. The Morgan fingerprint density at radius 1 is 1.59 bits per heavy atom. The summed E-state index contributed by atoms with van der Waals surface area (Å²) in [7, 11) is 0. The van der Waals surface area contributed by atoms with Gasteiger partial charge in [-0.3, -0.25) is 10.1 Å². The largest absolute Gasteiger partial charge is 0.460 e. The van der Waals surface area contributed by atoms with E-state index in [1.165, 1.54) is 0 Å². The van der Waals surface area contributed by atoms with Crippen molar-refractivity contribution >= 4 is 23.5 Å². The monoisotopic (exact) mass is 252 g/mol. The molecule has 1 aliphatic heterocycles. The Labute approximate surface area is 105 Å². The number of halogens is 1. The highest BCUT2D eigenvalue weighted by Crippen LogP contribution is 2.15. The summed E-state index contributed by atoms with van der Waals surface area (Å²) < 4.78 is 5.42. The van der Waals surface area contributed by atoms with Crippen molar-refractivity contribution < 1.29 is 9.53 Å². The molecule has 0 saturated carbocycles. The van der Waals surface area contributed by atoms with Crippen LogP contribution >= 0.6 is 11.6 Å². The van der Waals surface area contributed by atoms with E-state index in [1.54, 1.807) is 24.3 Å². The van der Waals surface area contributed by atoms with Gasteiger partial charge in [0.25, 0.3) is 11.9 Å². The van der Waals surface area contributed by atoms with Crippen LogP contribution in [0.3, 0.4) is 0 Å². The molecule has 1 aliphatic rings. The van der Waals surface area contributed by atoms with Crippen molar-refractivity contribution in [3.05, 3.63) is 34.9 Å². The first-order valence-corrected chi connectivity index (χ1v) is 5.85. The van der Waals surface area contributed by atoms with E-state index in [-0.39, 0.29) is 18.0 Å². The summed E-state index contributed by atoms with van der Waals surface area (Å²) in [4.78, 5) is 16.0. The first kappa shape index (κ1) is 11.9. The average Bonchev–Trinajstić information content (AvgIpc) is 2.77. The smallest absolute Gasteiger partial charge is 0.292 e. The van der Waals surface area contributed by atoms with E-state index in [0.717, 1.165) is 6.42 Å². The molecule has 90 valence electrons. The van der Waals surface area contributed by atoms with E-state index >= 15 is 0 Å². The molecule has 17 heavy (non-hydrogen) atoms. The predicted octanol–water partition coefficient (Wildman–Crippen LogP) is 2.23. The first-order valence-electron chi connectivity index (χ1n) is 5.47. The van der Waals surface area contributed by atoms with Crippen molar-refractivity contribution in [3.63, 3.8) is 0 Å². The molecule has 1 atom stereocenters. The van der Waals surface area contributed by atoms with Crippen LogP contribution in [0.4, 0.5) is 0 Å². The number of carbonyl (C=O) groups is 1. The van der Waals surface area contributed by atoms with Crippen LogP contribution in [0, 0.1) is 0 Å². The van der Waals surface area contributed by atoms with Crippen molar-refractivity contribution in [2.45, 2.75) is 19.4 Å². The molecule has 1 unspecified atom stereocenters. The standard InChI is InChI=1S/C12H13ClN2O2/c1-2-8-7-14-12(17-8)15-11(16)9-5-3-4-6-10(9)13/h3-6,8H,2,7H2,1H3,(H,14,15,16). The number of hydrogen-bond acceptors (Lipinski definition) is 3. The summed E-state index contributed by atoms with van der Waals surface area (Å²) >= 11 is 5.92. The van der Waals surface area contributed by atoms with Crippen molar-refractivity contribution in [2.75, 3.05) is 6.54 Å². The van der Waals surface area contributed by atoms with Gasteiger partial charge in [-0.1, -0.05) is 30.7 Å². The van der Waals surface area contributed by atoms with Crippen LogP contribution in [0.25, 0.3) is 0 Å². The summed E-state index contributed by atoms with van der Waals surface area (Å²) in [6, 6.07) is 7.14. The molecule has 0 saturated heterocycles. The lowest BCUT2D eigenvalue weighted by molar-refractivity contribution is 0.0962. The predicted molar refractivity (Wildman–Crippen MR) is 66.4 cm³/mol. The van der Waals surface area contributed by atoms with E-state index in [1.807, 2.05) is 6.92 Å². The van der Waals surface area contributed by atoms with Gasteiger partial charge < -0.3 is 4.74 Å². The lowest BCUT2D eigenvalue weighted by Crippen LogP contribution is -2.32. The van der Waals surface area contributed by atoms with Crippen LogP contribution in [-0.2, 0) is 4.74 Å². The number of benzene rings is 1. The maximum atomic E-state index is 11.9. The summed E-state index contributed by atoms with van der Waals surface area (Å²) in [6.45, 7) is 2.60. The fourth-order valence-electron chi connectivity index (χ4n) is 1.51. The molecular weight excluding hydrogens is 240 g/mol. The van der Waals surface area contributed by atoms with Crippen molar-refractivity contribution in [3.8, 4) is 0 Å². The normalized spacial score (nSPS) is 18.5. The van der Waals surface area contributed by atoms with Gasteiger partial charge in [0, 0.05) is 0 Å². The van der Waals surface area contributed by atoms with E-state index in [9.17, 15) is 4.79 Å². The third-order valence-corrected chi connectivity index (χ3v) is 2.84. The molecular formula is C12H13ClN2O2. The minimum Gasteiger partial charge on any atom is -0.460 e. The minimum absolute atomic E-state index is 0.0662. The lowest BCUT2D eigenvalue weighted by atomic mass is 10.2. The van der Waals surface area contributed by atoms with Gasteiger partial charge >= 0.3 is 0 Å². The molecule has 0 aromatic heterocycles. The van der Waals surface area contributed by atoms with Gasteiger partial charge in [-0.2, -0.15) is 0 Å². The number of amidine groups is 1. The number of carbonyl (C=O) groups excluding carboxylic acids is 1. The molecule has 1 amide bonds. The number of aliphatic imine (C=N–C) groups is 1. The number of amides is 1. The minimum atomic E-state index is -0.300. The molecule has 5 heteroatoms. The zero-order chi connectivity index (χ0) is 12.3. The zero-order valence-corrected chi connectivity index (χ0v) is 10.2. The van der Waals surface area contributed by atoms with Crippen LogP contribution in [0.1, 0.15) is 23.7 Å². The number of ether oxygens (including phenoxy) is 1. The van der Waals surface area contributed by atoms with Gasteiger partial charge in [0.05, 0.1) is 17.1 Å². The summed E-state index contributed by atoms with van der Waals surface area (Å²) in [6.07, 6.45) is 0.936. The Kier molecular flexibility index (Phi) is 3.64. The molecule has 0 fully saturated rings. The SMILES string of the molecule is CCC1CN=C(NC(=O)c2ccccc2Cl)O1. The zero-order valence-electron chi connectivity index (χ0n) is 9.44. The average molecular weight is 253 g/mol. The Balaban J connectivity index is 2.01. The molecule has 0 spiro atoms. The Morgan fingerprint density at radius 3 is 3.00 bits per heavy atom. The van der Waals surface area contributed by atoms with E-state index in [0.29, 0.717) is 17.1 Å². The van der Waals surface area contributed by atoms with Crippen molar-refractivity contribution in [1.29, 1.82) is 0 Å². The van der Waals surface area contributed by atoms with Crippen LogP contribution in [0.15, 0.2) is 29.3 Å². The highest BCUT2D eigenvalue weighted by atomic mass is 35.5. The van der Waals surface area contributed by atoms with Crippen molar-refractivity contribution in [1.82, 2.24) is 5.32 Å². The van der Waals surface area contributed by atoms with Gasteiger partial charge in [0.2, 0.25) is 0 Å². The third kappa shape index (κ3) is 2.77. The topological polar surface area (TPSA) is 50.7 Å². The van der Waals surface area contributed by atoms with Gasteiger partial charge in [0.15, 0.2) is 0 Å². The van der Waals surface area contributed by atoms with Crippen LogP contribution in [0.2, 0.25) is 5.02 Å². The number of hydrogen-bond donors (Lipinski definition) is 1. The first-order chi connectivity index (χ1) is 8.20. The van der Waals surface area contributed by atoms with Crippen LogP contribution < -0.4 is 5.32 Å². The molecule has 1 N–H and O–H groups in total. The van der Waals surface area contributed by atoms with Crippen LogP contribution in [0.5, 0.6) is 0 Å². The van der Waals surface area contributed by atoms with E-state index < -0.39 is 0 Å². The van der Waals surface area contributed by atoms with E-state index in [2.05, 4.69) is 10.3 Å². The molecule has 1 heterocycles. The van der Waals surface area contributed by atoms with E-state index in [4.69, 9.17) is 16.3 Å². The second-order valence-electron chi connectivity index (χ2n) is 3.73. The molecule has 4 nitrogen and oxygen atoms in total. The highest BCUT2D eigenvalue weighted by Gasteiger charge is 2.20. The summed E-state index contributed by atoms with van der Waals surface area (Å²) in [5, 5.41) is 3.02. The van der Waals surface area contributed by atoms with Crippen LogP contribution in [-0.4, -0.2) is 24.6 Å². The quantitative estimate of drug-likeness (QED) is 0.878. The van der Waals surface area contributed by atoms with Gasteiger partial charge in [-0.25, -0.2) is 4.99 Å². The highest BCUT2D eigenvalue weighted by molar-refractivity contribution is 6.34. The van der Waals surface area contributed by atoms with Crippen molar-refractivity contribution in [2.24, 2.45) is 4.99 Å². The Morgan fingerprint density at radius 2 is 2.35 bits per heavy atom. The second-order valence-corrected chi connectivity index (χ2v) is 4.14. The molecule has 2 rings (SSSR count). The number of rotatable bonds is 2. The lowest BCUT2D eigenvalue weighted by Gasteiger charge is -2.09. The molecule has 1 aromatic rings. The van der Waals surface area contributed by atoms with Gasteiger partial charge in [-0.15, -0.1) is 0 Å². The summed E-state index contributed by atoms with van der Waals surface area (Å²) in [5.41, 5.74) is 0.417. The Bertz CT molecular complexity index is 460. The molecule has 0 bridgehead atoms. The maximum Gasteiger partial charge on any atom is 0.292 e. The van der Waals surface area contributed by atoms with Gasteiger partial charge in [0.1, 0.15) is 6.10 Å². The number of nitrogens with one attached hydrogen (secondary N) is 1. The Hall–Kier alpha value is -1.55. The van der Waals surface area contributed by atoms with Gasteiger partial charge in [-0.05, 0) is 18.6 Å². The maximum absolute atomic E-state index is 11.9. The fourth-order valence-corrected chi connectivity index (χ4v) is 1.73. The summed E-state index contributed by atoms with van der Waals surface area (Å²) in [5.74, 6) is -0.300. The number of nitrogens with zero attached hydrogens (tertiary/aromatic N) is 1. The third-order valence-electron chi connectivity index (χ3n) is 2.51. The fraction of sp³-hybridized carbons (Fsp3) is 0.333. The molecule has 0 radical (unpaired) electrons. The molecule has 0 aliphatic carbocycles. The molecule has 1 aromatic carbocycles.